The van der Waals surface area contributed by atoms with E-state index in [4.69, 9.17) is 14.3 Å². The molecule has 1 aromatic heterocycles. The number of ether oxygens (including phenoxy) is 1. The second-order valence-electron chi connectivity index (χ2n) is 16.6. The minimum Gasteiger partial charge on any atom is -0.466 e. The smallest absolute Gasteiger partial charge is 0.354 e. The quantitative estimate of drug-likeness (QED) is 0.109. The lowest BCUT2D eigenvalue weighted by molar-refractivity contribution is 0.0449. The molecule has 5 aromatic rings. The van der Waals surface area contributed by atoms with E-state index in [0.717, 1.165) is 59.2 Å². The molecule has 0 saturated heterocycles. The molecule has 0 fully saturated rings. The van der Waals surface area contributed by atoms with Crippen LogP contribution in [0.5, 0.6) is 5.88 Å². The van der Waals surface area contributed by atoms with Crippen LogP contribution in [0.15, 0.2) is 113 Å². The normalized spacial score (nSPS) is 18.6. The first-order valence-electron chi connectivity index (χ1n) is 18.8. The number of nitrogens with one attached hydrogen (secondary N) is 2. The number of fused-ring (bicyclic) bond motifs is 3. The van der Waals surface area contributed by atoms with E-state index in [-0.39, 0.29) is 9.93 Å². The van der Waals surface area contributed by atoms with Gasteiger partial charge in [-0.2, -0.15) is 5.10 Å². The number of nitrogens with zero attached hydrogens (tertiary/aromatic N) is 3. The van der Waals surface area contributed by atoms with Gasteiger partial charge in [0.2, 0.25) is 5.88 Å². The maximum absolute atomic E-state index is 16.2. The van der Waals surface area contributed by atoms with E-state index >= 15 is 4.21 Å². The highest BCUT2D eigenvalue weighted by Crippen LogP contribution is 2.44. The molecule has 280 valence electrons. The Hall–Kier alpha value is -4.55. The number of hydrogen-bond acceptors (Lipinski definition) is 5. The molecule has 8 rings (SSSR count). The van der Waals surface area contributed by atoms with Crippen LogP contribution in [-0.4, -0.2) is 40.5 Å². The molecule has 2 heterocycles. The Kier molecular flexibility index (Phi) is 8.99. The Morgan fingerprint density at radius 2 is 1.41 bits per heavy atom. The SMILES string of the molecule is CC(C)(C)[Si](C)(C)OC[C@]1(C)Cn2ncc([S@@](=O)(=NC(=O)Nc3c4c(cc5c3CC5)CC4)NC(c3ccccc3)(c3ccccc3)c3ccccc3)c2O1. The molecule has 0 bridgehead atoms. The van der Waals surface area contributed by atoms with E-state index < -0.39 is 35.4 Å². The molecule has 2 aliphatic carbocycles. The topological polar surface area (TPSA) is 107 Å². The number of carbonyl (C=O) groups excluding carboxylic acids is 1. The highest BCUT2D eigenvalue weighted by Gasteiger charge is 2.46. The van der Waals surface area contributed by atoms with E-state index in [1.54, 1.807) is 4.68 Å². The summed E-state index contributed by atoms with van der Waals surface area (Å²) in [4.78, 5) is 14.6. The number of amides is 2. The van der Waals surface area contributed by atoms with Crippen LogP contribution in [0.3, 0.4) is 0 Å². The van der Waals surface area contributed by atoms with Gasteiger partial charge in [0.1, 0.15) is 16.0 Å². The van der Waals surface area contributed by atoms with Crippen molar-refractivity contribution in [1.29, 1.82) is 0 Å². The number of carbonyl (C=O) groups is 1. The van der Waals surface area contributed by atoms with Crippen molar-refractivity contribution in [3.8, 4) is 5.88 Å². The Balaban J connectivity index is 1.28. The fourth-order valence-electron chi connectivity index (χ4n) is 7.51. The summed E-state index contributed by atoms with van der Waals surface area (Å²) >= 11 is 0. The molecule has 0 radical (unpaired) electrons. The second-order valence-corrected chi connectivity index (χ2v) is 23.3. The van der Waals surface area contributed by atoms with E-state index in [1.807, 2.05) is 97.9 Å². The molecule has 0 unspecified atom stereocenters. The van der Waals surface area contributed by atoms with Crippen molar-refractivity contribution < 1.29 is 18.2 Å². The van der Waals surface area contributed by atoms with Crippen molar-refractivity contribution in [1.82, 2.24) is 14.5 Å². The van der Waals surface area contributed by atoms with Gasteiger partial charge in [0.05, 0.1) is 19.3 Å². The zero-order valence-corrected chi connectivity index (χ0v) is 33.8. The van der Waals surface area contributed by atoms with Crippen LogP contribution < -0.4 is 14.8 Å². The molecule has 0 spiro atoms. The van der Waals surface area contributed by atoms with E-state index in [0.29, 0.717) is 19.0 Å². The number of hydrogen-bond donors (Lipinski definition) is 2. The first-order valence-corrected chi connectivity index (χ1v) is 23.2. The third-order valence-electron chi connectivity index (χ3n) is 11.8. The Morgan fingerprint density at radius 3 is 1.87 bits per heavy atom. The summed E-state index contributed by atoms with van der Waals surface area (Å²) in [5, 5.41) is 7.83. The van der Waals surface area contributed by atoms with Crippen LogP contribution in [0.1, 0.15) is 66.6 Å². The fraction of sp³-hybridized carbons (Fsp3) is 0.349. The van der Waals surface area contributed by atoms with Crippen molar-refractivity contribution in [2.45, 2.75) is 94.1 Å². The predicted octanol–water partition coefficient (Wildman–Crippen LogP) is 8.81. The average Bonchev–Trinajstić information content (AvgIpc) is 3.66. The highest BCUT2D eigenvalue weighted by molar-refractivity contribution is 7.92. The summed E-state index contributed by atoms with van der Waals surface area (Å²) in [7, 11) is -5.99. The van der Waals surface area contributed by atoms with Crippen LogP contribution >= 0.6 is 0 Å². The molecule has 54 heavy (non-hydrogen) atoms. The third-order valence-corrected chi connectivity index (χ3v) is 18.2. The summed E-state index contributed by atoms with van der Waals surface area (Å²) < 4.78 is 39.5. The Bertz CT molecular complexity index is 2220. The molecule has 3 aliphatic rings. The average molecular weight is 760 g/mol. The van der Waals surface area contributed by atoms with Crippen molar-refractivity contribution in [3.05, 3.63) is 142 Å². The fourth-order valence-corrected chi connectivity index (χ4v) is 10.5. The van der Waals surface area contributed by atoms with E-state index in [1.165, 1.54) is 17.3 Å². The predicted molar refractivity (Wildman–Crippen MR) is 216 cm³/mol. The molecular weight excluding hydrogens is 711 g/mol. The van der Waals surface area contributed by atoms with Crippen molar-refractivity contribution in [2.24, 2.45) is 4.36 Å². The molecule has 1 aliphatic heterocycles. The van der Waals surface area contributed by atoms with Gasteiger partial charge in [-0.25, -0.2) is 18.4 Å². The second kappa shape index (κ2) is 13.3. The summed E-state index contributed by atoms with van der Waals surface area (Å²) in [6.45, 7) is 13.8. The lowest BCUT2D eigenvalue weighted by atomic mass is 9.76. The molecule has 0 saturated carbocycles. The van der Waals surface area contributed by atoms with E-state index in [9.17, 15) is 4.79 Å². The molecule has 4 aromatic carbocycles. The Labute approximate surface area is 319 Å². The van der Waals surface area contributed by atoms with Gasteiger partial charge in [0.25, 0.3) is 0 Å². The first kappa shape index (κ1) is 36.4. The Morgan fingerprint density at radius 1 is 0.889 bits per heavy atom. The number of urea groups is 1. The molecule has 2 amide bonds. The van der Waals surface area contributed by atoms with Crippen LogP contribution in [0.25, 0.3) is 0 Å². The molecule has 2 N–H and O–H groups in total. The minimum absolute atomic E-state index is 0.0157. The van der Waals surface area contributed by atoms with Crippen molar-refractivity contribution >= 4 is 30.0 Å². The molecule has 11 heteroatoms. The lowest BCUT2D eigenvalue weighted by Crippen LogP contribution is -2.48. The number of benzene rings is 4. The molecule has 2 atom stereocenters. The van der Waals surface area contributed by atoms with Gasteiger partial charge in [-0.05, 0) is 89.7 Å². The standard InChI is InChI=1S/C43H49N5O4SSi/c1-41(2,3)54(5,6)51-29-42(4)28-48-39(52-42)37(27-44-48)53(50,46-40(49)45-38-35-24-22-30(35)26-31-23-25-36(31)38)47-43(32-16-10-7-11-17-32,33-18-12-8-13-19-33)34-20-14-9-15-21-34/h7-21,26-27H,22-25,28-29H2,1-6H3,(H2,45,46,47,49,50)/t42-,53+/m0/s1. The number of rotatable bonds is 10. The van der Waals surface area contributed by atoms with Crippen LogP contribution in [-0.2, 0) is 52.1 Å². The first-order chi connectivity index (χ1) is 25.7. The zero-order valence-electron chi connectivity index (χ0n) is 31.9. The zero-order chi connectivity index (χ0) is 37.9. The largest absolute Gasteiger partial charge is 0.466 e. The molecular formula is C43H49N5O4SSi. The monoisotopic (exact) mass is 759 g/mol. The number of aromatic nitrogens is 2. The number of anilines is 1. The lowest BCUT2D eigenvalue weighted by Gasteiger charge is -2.38. The van der Waals surface area contributed by atoms with Gasteiger partial charge < -0.3 is 14.5 Å². The maximum Gasteiger partial charge on any atom is 0.354 e. The van der Waals surface area contributed by atoms with Crippen LogP contribution in [0.2, 0.25) is 18.1 Å². The number of aryl methyl sites for hydroxylation is 2. The van der Waals surface area contributed by atoms with Gasteiger partial charge in [-0.15, -0.1) is 4.36 Å². The summed E-state index contributed by atoms with van der Waals surface area (Å²) in [6, 6.07) is 31.2. The van der Waals surface area contributed by atoms with Gasteiger partial charge >= 0.3 is 6.03 Å². The summed E-state index contributed by atoms with van der Waals surface area (Å²) in [6.07, 6.45) is 5.30. The van der Waals surface area contributed by atoms with Gasteiger partial charge in [-0.1, -0.05) is 118 Å². The van der Waals surface area contributed by atoms with Gasteiger partial charge in [-0.3, -0.25) is 0 Å². The van der Waals surface area contributed by atoms with Crippen molar-refractivity contribution in [3.63, 3.8) is 0 Å². The van der Waals surface area contributed by atoms with Gasteiger partial charge in [0, 0.05) is 5.69 Å². The molecule has 9 nitrogen and oxygen atoms in total. The minimum atomic E-state index is -3.88. The van der Waals surface area contributed by atoms with Crippen LogP contribution in [0.4, 0.5) is 10.5 Å². The third kappa shape index (κ3) is 6.30. The van der Waals surface area contributed by atoms with Crippen LogP contribution in [0, 0.1) is 0 Å². The highest BCUT2D eigenvalue weighted by atomic mass is 32.2. The maximum atomic E-state index is 16.2. The van der Waals surface area contributed by atoms with Gasteiger partial charge in [0.15, 0.2) is 18.2 Å². The van der Waals surface area contributed by atoms with E-state index in [2.05, 4.69) is 54.3 Å². The van der Waals surface area contributed by atoms with Crippen molar-refractivity contribution in [2.75, 3.05) is 11.9 Å². The summed E-state index contributed by atoms with van der Waals surface area (Å²) in [5.74, 6) is 0.307. The summed E-state index contributed by atoms with van der Waals surface area (Å²) in [5.41, 5.74) is 6.14.